The molecule has 2 heterocycles. The van der Waals surface area contributed by atoms with Crippen molar-refractivity contribution in [1.82, 2.24) is 0 Å². The quantitative estimate of drug-likeness (QED) is 0.637. The third-order valence-electron chi connectivity index (χ3n) is 6.01. The van der Waals surface area contributed by atoms with Crippen molar-refractivity contribution in [2.24, 2.45) is 5.92 Å². The van der Waals surface area contributed by atoms with Crippen LogP contribution in [0.5, 0.6) is 0 Å². The van der Waals surface area contributed by atoms with Gasteiger partial charge in [-0.3, -0.25) is 14.4 Å². The van der Waals surface area contributed by atoms with E-state index < -0.39 is 29.9 Å². The molecule has 5 rings (SSSR count). The summed E-state index contributed by atoms with van der Waals surface area (Å²) in [5.74, 6) is -2.63. The molecule has 7 nitrogen and oxygen atoms in total. The maximum atomic E-state index is 13.6. The number of aryl methyl sites for hydroxylation is 1. The molecule has 2 fully saturated rings. The fraction of sp³-hybridized carbons (Fsp3) is 0.160. The minimum absolute atomic E-state index is 0.0809. The normalized spacial score (nSPS) is 22.3. The van der Waals surface area contributed by atoms with Crippen molar-refractivity contribution in [1.29, 1.82) is 0 Å². The number of carbonyl (C=O) groups excluding carboxylic acids is 2. The van der Waals surface area contributed by atoms with Gasteiger partial charge in [0.25, 0.3) is 5.91 Å². The van der Waals surface area contributed by atoms with Gasteiger partial charge in [-0.05, 0) is 54.4 Å². The molecule has 2 aliphatic heterocycles. The number of carboxylic acids is 1. The van der Waals surface area contributed by atoms with Crippen molar-refractivity contribution >= 4 is 29.2 Å². The van der Waals surface area contributed by atoms with Crippen molar-refractivity contribution in [2.45, 2.75) is 19.1 Å². The summed E-state index contributed by atoms with van der Waals surface area (Å²) in [4.78, 5) is 45.2. The van der Waals surface area contributed by atoms with Crippen LogP contribution in [0.1, 0.15) is 27.5 Å². The van der Waals surface area contributed by atoms with Gasteiger partial charge in [0.2, 0.25) is 5.91 Å². The molecule has 2 aliphatic rings. The highest BCUT2D eigenvalue weighted by atomic mass is 16.7. The largest absolute Gasteiger partial charge is 0.478 e. The van der Waals surface area contributed by atoms with Crippen molar-refractivity contribution in [2.75, 3.05) is 9.96 Å². The number of carboxylic acid groups (broad SMARTS) is 1. The lowest BCUT2D eigenvalue weighted by atomic mass is 9.88. The second kappa shape index (κ2) is 7.62. The zero-order chi connectivity index (χ0) is 22.4. The van der Waals surface area contributed by atoms with Gasteiger partial charge < -0.3 is 5.11 Å². The summed E-state index contributed by atoms with van der Waals surface area (Å²) < 4.78 is 0. The van der Waals surface area contributed by atoms with E-state index in [1.807, 2.05) is 61.5 Å². The molecule has 2 amide bonds. The Hall–Kier alpha value is -3.97. The lowest BCUT2D eigenvalue weighted by Crippen LogP contribution is -2.37. The first kappa shape index (κ1) is 20.0. The molecular weight excluding hydrogens is 408 g/mol. The number of hydrogen-bond donors (Lipinski definition) is 1. The number of anilines is 2. The predicted octanol–water partition coefficient (Wildman–Crippen LogP) is 3.74. The Morgan fingerprint density at radius 1 is 0.844 bits per heavy atom. The number of amides is 2. The number of rotatable bonds is 4. The van der Waals surface area contributed by atoms with Crippen LogP contribution < -0.4 is 9.96 Å². The van der Waals surface area contributed by atoms with Crippen LogP contribution in [0.4, 0.5) is 11.4 Å². The number of carbonyl (C=O) groups is 3. The van der Waals surface area contributed by atoms with Crippen LogP contribution in [-0.4, -0.2) is 29.0 Å². The van der Waals surface area contributed by atoms with Gasteiger partial charge in [-0.1, -0.05) is 42.5 Å². The average molecular weight is 428 g/mol. The highest BCUT2D eigenvalue weighted by Gasteiger charge is 2.60. The first-order valence-corrected chi connectivity index (χ1v) is 10.2. The lowest BCUT2D eigenvalue weighted by Gasteiger charge is -2.29. The van der Waals surface area contributed by atoms with Crippen molar-refractivity contribution in [3.63, 3.8) is 0 Å². The Balaban J connectivity index is 1.57. The maximum Gasteiger partial charge on any atom is 0.335 e. The van der Waals surface area contributed by atoms with Gasteiger partial charge in [-0.15, -0.1) is 0 Å². The second-order valence-corrected chi connectivity index (χ2v) is 7.88. The molecular formula is C25H20N2O5. The molecule has 2 saturated heterocycles. The van der Waals surface area contributed by atoms with Gasteiger partial charge in [0, 0.05) is 0 Å². The molecule has 160 valence electrons. The summed E-state index contributed by atoms with van der Waals surface area (Å²) in [5, 5.41) is 10.8. The van der Waals surface area contributed by atoms with Crippen LogP contribution in [0.3, 0.4) is 0 Å². The summed E-state index contributed by atoms with van der Waals surface area (Å²) >= 11 is 0. The molecule has 0 spiro atoms. The minimum Gasteiger partial charge on any atom is -0.478 e. The third-order valence-corrected chi connectivity index (χ3v) is 6.01. The number of para-hydroxylation sites is 1. The highest BCUT2D eigenvalue weighted by molar-refractivity contribution is 6.24. The molecule has 0 bridgehead atoms. The van der Waals surface area contributed by atoms with Crippen LogP contribution in [0.25, 0.3) is 0 Å². The fourth-order valence-electron chi connectivity index (χ4n) is 4.46. The van der Waals surface area contributed by atoms with E-state index in [2.05, 4.69) is 0 Å². The van der Waals surface area contributed by atoms with Gasteiger partial charge in [-0.2, -0.15) is 0 Å². The number of hydrogen-bond acceptors (Lipinski definition) is 5. The van der Waals surface area contributed by atoms with E-state index in [0.29, 0.717) is 5.69 Å². The summed E-state index contributed by atoms with van der Waals surface area (Å²) in [6.07, 6.45) is -0.966. The Morgan fingerprint density at radius 2 is 1.50 bits per heavy atom. The SMILES string of the molecule is Cc1ccccc1[C@H]1[C@H]2C(=O)N(c3ccc(C(=O)O)cc3)C(=O)[C@H]2ON1c1ccccc1. The van der Waals surface area contributed by atoms with Gasteiger partial charge in [0.05, 0.1) is 23.0 Å². The predicted molar refractivity (Wildman–Crippen MR) is 117 cm³/mol. The molecule has 3 atom stereocenters. The second-order valence-electron chi connectivity index (χ2n) is 7.88. The first-order valence-electron chi connectivity index (χ1n) is 10.2. The molecule has 0 aliphatic carbocycles. The van der Waals surface area contributed by atoms with Crippen molar-refractivity contribution < 1.29 is 24.3 Å². The summed E-state index contributed by atoms with van der Waals surface area (Å²) in [7, 11) is 0. The van der Waals surface area contributed by atoms with Gasteiger partial charge in [0.1, 0.15) is 5.92 Å². The summed E-state index contributed by atoms with van der Waals surface area (Å²) in [5.41, 5.74) is 3.07. The Morgan fingerprint density at radius 3 is 2.16 bits per heavy atom. The van der Waals surface area contributed by atoms with Gasteiger partial charge >= 0.3 is 5.97 Å². The summed E-state index contributed by atoms with van der Waals surface area (Å²) in [6, 6.07) is 22.4. The molecule has 3 aromatic rings. The molecule has 0 saturated carbocycles. The Bertz CT molecular complexity index is 1210. The molecule has 7 heteroatoms. The van der Waals surface area contributed by atoms with E-state index in [4.69, 9.17) is 9.94 Å². The number of benzene rings is 3. The number of hydroxylamine groups is 1. The van der Waals surface area contributed by atoms with Crippen LogP contribution in [0.15, 0.2) is 78.9 Å². The van der Waals surface area contributed by atoms with Crippen molar-refractivity contribution in [3.8, 4) is 0 Å². The van der Waals surface area contributed by atoms with Crippen LogP contribution in [-0.2, 0) is 14.4 Å². The maximum absolute atomic E-state index is 13.6. The van der Waals surface area contributed by atoms with E-state index in [-0.39, 0.29) is 11.5 Å². The van der Waals surface area contributed by atoms with Gasteiger partial charge in [-0.25, -0.2) is 14.8 Å². The lowest BCUT2D eigenvalue weighted by molar-refractivity contribution is -0.126. The average Bonchev–Trinajstić information content (AvgIpc) is 3.31. The monoisotopic (exact) mass is 428 g/mol. The van der Waals surface area contributed by atoms with E-state index in [0.717, 1.165) is 21.7 Å². The molecule has 1 N–H and O–H groups in total. The van der Waals surface area contributed by atoms with Crippen LogP contribution >= 0.6 is 0 Å². The molecule has 3 aromatic carbocycles. The fourth-order valence-corrected chi connectivity index (χ4v) is 4.46. The molecule has 0 unspecified atom stereocenters. The molecule has 0 radical (unpaired) electrons. The van der Waals surface area contributed by atoms with E-state index in [1.165, 1.54) is 24.3 Å². The van der Waals surface area contributed by atoms with Crippen LogP contribution in [0, 0.1) is 12.8 Å². The molecule has 32 heavy (non-hydrogen) atoms. The zero-order valence-electron chi connectivity index (χ0n) is 17.2. The minimum atomic E-state index is -1.08. The van der Waals surface area contributed by atoms with Crippen molar-refractivity contribution in [3.05, 3.63) is 95.6 Å². The zero-order valence-corrected chi connectivity index (χ0v) is 17.2. The van der Waals surface area contributed by atoms with Gasteiger partial charge in [0.15, 0.2) is 6.10 Å². The van der Waals surface area contributed by atoms with E-state index in [1.54, 1.807) is 5.06 Å². The first-order chi connectivity index (χ1) is 15.5. The van der Waals surface area contributed by atoms with Crippen LogP contribution in [0.2, 0.25) is 0 Å². The Labute approximate surface area is 184 Å². The topological polar surface area (TPSA) is 87.2 Å². The highest BCUT2D eigenvalue weighted by Crippen LogP contribution is 2.48. The molecule has 0 aromatic heterocycles. The third kappa shape index (κ3) is 3.06. The van der Waals surface area contributed by atoms with E-state index in [9.17, 15) is 14.4 Å². The number of aromatic carboxylic acids is 1. The number of fused-ring (bicyclic) bond motifs is 1. The Kier molecular flexibility index (Phi) is 4.75. The smallest absolute Gasteiger partial charge is 0.335 e. The van der Waals surface area contributed by atoms with E-state index >= 15 is 0 Å². The standard InChI is InChI=1S/C25H20N2O5/c1-15-7-5-6-10-19(15)21-20-22(32-27(21)18-8-3-2-4-9-18)24(29)26(23(20)28)17-13-11-16(12-14-17)25(30)31/h2-14,20-22H,1H3,(H,30,31)/t20-,21+,22+/m1/s1. The number of nitrogens with zero attached hydrogens (tertiary/aromatic N) is 2. The number of imide groups is 1. The summed E-state index contributed by atoms with van der Waals surface area (Å²) in [6.45, 7) is 1.97.